The molecule has 0 aromatic heterocycles. The number of nitro groups is 1. The second-order valence-corrected chi connectivity index (χ2v) is 6.63. The number of alkyl halides is 3. The third-order valence-electron chi connectivity index (χ3n) is 4.23. The molecule has 2 aromatic carbocycles. The first-order chi connectivity index (χ1) is 13.0. The average molecular weight is 395 g/mol. The van der Waals surface area contributed by atoms with Gasteiger partial charge in [0.2, 0.25) is 5.91 Å². The Morgan fingerprint density at radius 1 is 1.14 bits per heavy atom. The van der Waals surface area contributed by atoms with Gasteiger partial charge < -0.3 is 5.32 Å². The number of amides is 1. The van der Waals surface area contributed by atoms with Crippen LogP contribution in [0.1, 0.15) is 22.3 Å². The molecule has 0 saturated heterocycles. The molecule has 0 bridgehead atoms. The summed E-state index contributed by atoms with van der Waals surface area (Å²) in [6.45, 7) is 3.70. The van der Waals surface area contributed by atoms with Crippen LogP contribution in [0.25, 0.3) is 0 Å². The Balaban J connectivity index is 2.01. The molecule has 1 N–H and O–H groups in total. The monoisotopic (exact) mass is 395 g/mol. The van der Waals surface area contributed by atoms with Crippen LogP contribution in [0.15, 0.2) is 36.4 Å². The van der Waals surface area contributed by atoms with Gasteiger partial charge >= 0.3 is 6.18 Å². The van der Waals surface area contributed by atoms with Crippen molar-refractivity contribution < 1.29 is 22.9 Å². The number of anilines is 1. The average Bonchev–Trinajstić information content (AvgIpc) is 2.57. The van der Waals surface area contributed by atoms with Crippen molar-refractivity contribution in [1.29, 1.82) is 0 Å². The van der Waals surface area contributed by atoms with Crippen LogP contribution >= 0.6 is 0 Å². The van der Waals surface area contributed by atoms with Crippen molar-refractivity contribution >= 4 is 17.3 Å². The quantitative estimate of drug-likeness (QED) is 0.585. The smallest absolute Gasteiger partial charge is 0.319 e. The number of benzene rings is 2. The molecule has 6 nitrogen and oxygen atoms in total. The highest BCUT2D eigenvalue weighted by atomic mass is 19.4. The molecule has 0 saturated carbocycles. The first kappa shape index (κ1) is 21.4. The highest BCUT2D eigenvalue weighted by Crippen LogP contribution is 2.29. The van der Waals surface area contributed by atoms with E-state index in [0.717, 1.165) is 23.3 Å². The fraction of sp³-hybridized carbons (Fsp3) is 0.316. The number of halogens is 3. The van der Waals surface area contributed by atoms with Crippen LogP contribution in [0.5, 0.6) is 0 Å². The van der Waals surface area contributed by atoms with E-state index in [1.54, 1.807) is 31.9 Å². The summed E-state index contributed by atoms with van der Waals surface area (Å²) in [4.78, 5) is 24.5. The van der Waals surface area contributed by atoms with Gasteiger partial charge in [-0.3, -0.25) is 19.8 Å². The SMILES string of the molecule is Cc1cc(NC(=O)CN(C)Cc2ccc(C(F)(F)F)cc2)c([N+](=O)[O-])cc1C. The van der Waals surface area contributed by atoms with E-state index in [1.165, 1.54) is 18.2 Å². The summed E-state index contributed by atoms with van der Waals surface area (Å²) in [5, 5.41) is 13.7. The van der Waals surface area contributed by atoms with Gasteiger partial charge in [0, 0.05) is 12.6 Å². The summed E-state index contributed by atoms with van der Waals surface area (Å²) in [6.07, 6.45) is -4.40. The fourth-order valence-corrected chi connectivity index (χ4v) is 2.65. The molecule has 2 rings (SSSR count). The van der Waals surface area contributed by atoms with Crippen molar-refractivity contribution in [3.63, 3.8) is 0 Å². The lowest BCUT2D eigenvalue weighted by molar-refractivity contribution is -0.384. The van der Waals surface area contributed by atoms with Gasteiger partial charge in [0.15, 0.2) is 0 Å². The molecule has 0 aliphatic heterocycles. The zero-order valence-corrected chi connectivity index (χ0v) is 15.6. The van der Waals surface area contributed by atoms with Crippen molar-refractivity contribution in [3.8, 4) is 0 Å². The first-order valence-electron chi connectivity index (χ1n) is 8.37. The summed E-state index contributed by atoms with van der Waals surface area (Å²) in [5.74, 6) is -0.458. The largest absolute Gasteiger partial charge is 0.416 e. The van der Waals surface area contributed by atoms with Gasteiger partial charge in [0.1, 0.15) is 5.69 Å². The van der Waals surface area contributed by atoms with E-state index in [-0.39, 0.29) is 24.5 Å². The lowest BCUT2D eigenvalue weighted by Crippen LogP contribution is -2.30. The van der Waals surface area contributed by atoms with Crippen LogP contribution in [-0.4, -0.2) is 29.3 Å². The van der Waals surface area contributed by atoms with E-state index in [9.17, 15) is 28.1 Å². The molecule has 0 unspecified atom stereocenters. The van der Waals surface area contributed by atoms with Crippen LogP contribution < -0.4 is 5.32 Å². The molecule has 150 valence electrons. The molecule has 0 atom stereocenters. The number of carbonyl (C=O) groups excluding carboxylic acids is 1. The highest BCUT2D eigenvalue weighted by molar-refractivity contribution is 5.94. The van der Waals surface area contributed by atoms with E-state index >= 15 is 0 Å². The number of hydrogen-bond acceptors (Lipinski definition) is 4. The van der Waals surface area contributed by atoms with Crippen LogP contribution in [0, 0.1) is 24.0 Å². The van der Waals surface area contributed by atoms with Crippen LogP contribution in [0.2, 0.25) is 0 Å². The number of hydrogen-bond donors (Lipinski definition) is 1. The van der Waals surface area contributed by atoms with Crippen LogP contribution in [0.4, 0.5) is 24.5 Å². The van der Waals surface area contributed by atoms with Crippen molar-refractivity contribution in [3.05, 3.63) is 68.8 Å². The molecule has 0 heterocycles. The first-order valence-corrected chi connectivity index (χ1v) is 8.37. The van der Waals surface area contributed by atoms with Gasteiger partial charge in [0.05, 0.1) is 17.0 Å². The maximum absolute atomic E-state index is 12.6. The van der Waals surface area contributed by atoms with Crippen molar-refractivity contribution in [2.45, 2.75) is 26.6 Å². The van der Waals surface area contributed by atoms with Gasteiger partial charge in [-0.15, -0.1) is 0 Å². The number of nitrogens with zero attached hydrogens (tertiary/aromatic N) is 2. The molecule has 1 amide bonds. The highest BCUT2D eigenvalue weighted by Gasteiger charge is 2.30. The van der Waals surface area contributed by atoms with Crippen LogP contribution in [0.3, 0.4) is 0 Å². The topological polar surface area (TPSA) is 75.5 Å². The van der Waals surface area contributed by atoms with Gasteiger partial charge in [0.25, 0.3) is 5.69 Å². The number of aryl methyl sites for hydroxylation is 2. The maximum Gasteiger partial charge on any atom is 0.416 e. The Hall–Kier alpha value is -2.94. The molecule has 0 radical (unpaired) electrons. The van der Waals surface area contributed by atoms with Gasteiger partial charge in [-0.05, 0) is 55.8 Å². The zero-order valence-electron chi connectivity index (χ0n) is 15.6. The number of rotatable bonds is 6. The number of likely N-dealkylation sites (N-methyl/N-ethyl adjacent to an activating group) is 1. The molecule has 2 aromatic rings. The van der Waals surface area contributed by atoms with E-state index < -0.39 is 22.6 Å². The summed E-state index contributed by atoms with van der Waals surface area (Å²) in [7, 11) is 1.63. The predicted octanol–water partition coefficient (Wildman–Crippen LogP) is 4.30. The minimum atomic E-state index is -4.40. The van der Waals surface area contributed by atoms with Crippen molar-refractivity contribution in [2.24, 2.45) is 0 Å². The minimum Gasteiger partial charge on any atom is -0.319 e. The van der Waals surface area contributed by atoms with Crippen molar-refractivity contribution in [1.82, 2.24) is 4.90 Å². The Labute approximate surface area is 160 Å². The Kier molecular flexibility index (Phi) is 6.40. The minimum absolute atomic E-state index is 0.0783. The molecule has 0 aliphatic carbocycles. The Bertz CT molecular complexity index is 880. The predicted molar refractivity (Wildman–Crippen MR) is 99.0 cm³/mol. The maximum atomic E-state index is 12.6. The van der Waals surface area contributed by atoms with Crippen LogP contribution in [-0.2, 0) is 17.5 Å². The van der Waals surface area contributed by atoms with Gasteiger partial charge in [-0.25, -0.2) is 0 Å². The molecular weight excluding hydrogens is 375 g/mol. The normalized spacial score (nSPS) is 11.5. The molecule has 9 heteroatoms. The number of carbonyl (C=O) groups is 1. The fourth-order valence-electron chi connectivity index (χ4n) is 2.65. The van der Waals surface area contributed by atoms with Crippen molar-refractivity contribution in [2.75, 3.05) is 18.9 Å². The lowest BCUT2D eigenvalue weighted by Gasteiger charge is -2.17. The van der Waals surface area contributed by atoms with Gasteiger partial charge in [-0.1, -0.05) is 12.1 Å². The molecule has 0 fully saturated rings. The third-order valence-corrected chi connectivity index (χ3v) is 4.23. The number of nitrogens with one attached hydrogen (secondary N) is 1. The molecule has 0 spiro atoms. The second kappa shape index (κ2) is 8.39. The second-order valence-electron chi connectivity index (χ2n) is 6.63. The summed E-state index contributed by atoms with van der Waals surface area (Å²) >= 11 is 0. The third kappa shape index (κ3) is 5.53. The summed E-state index contributed by atoms with van der Waals surface area (Å²) < 4.78 is 37.8. The van der Waals surface area contributed by atoms with E-state index in [0.29, 0.717) is 5.56 Å². The summed E-state index contributed by atoms with van der Waals surface area (Å²) in [6, 6.07) is 7.62. The lowest BCUT2D eigenvalue weighted by atomic mass is 10.1. The Morgan fingerprint density at radius 3 is 2.25 bits per heavy atom. The van der Waals surface area contributed by atoms with Gasteiger partial charge in [-0.2, -0.15) is 13.2 Å². The van der Waals surface area contributed by atoms with E-state index in [4.69, 9.17) is 0 Å². The standard InChI is InChI=1S/C19H20F3N3O3/c1-12-8-16(17(25(27)28)9-13(12)2)23-18(26)11-24(3)10-14-4-6-15(7-5-14)19(20,21)22/h4-9H,10-11H2,1-3H3,(H,23,26). The van der Waals surface area contributed by atoms with E-state index in [1.807, 2.05) is 0 Å². The van der Waals surface area contributed by atoms with E-state index in [2.05, 4.69) is 5.32 Å². The zero-order chi connectivity index (χ0) is 21.1. The molecule has 0 aliphatic rings. The molecule has 28 heavy (non-hydrogen) atoms. The Morgan fingerprint density at radius 2 is 1.71 bits per heavy atom. The number of nitro benzene ring substituents is 1. The summed E-state index contributed by atoms with van der Waals surface area (Å²) in [5.41, 5.74) is 1.34. The molecular formula is C19H20F3N3O3.